The van der Waals surface area contributed by atoms with Crippen molar-refractivity contribution in [2.24, 2.45) is 5.92 Å². The fourth-order valence-corrected chi connectivity index (χ4v) is 2.15. The maximum absolute atomic E-state index is 11.9. The third-order valence-corrected chi connectivity index (χ3v) is 3.39. The van der Waals surface area contributed by atoms with Gasteiger partial charge in [0.25, 0.3) is 0 Å². The van der Waals surface area contributed by atoms with Gasteiger partial charge in [0.1, 0.15) is 0 Å². The normalized spacial score (nSPS) is 17.1. The van der Waals surface area contributed by atoms with Crippen LogP contribution in [0.5, 0.6) is 0 Å². The largest absolute Gasteiger partial charge is 0.481 e. The second-order valence-corrected chi connectivity index (χ2v) is 5.02. The number of carbonyl (C=O) groups is 2. The molecule has 1 fully saturated rings. The summed E-state index contributed by atoms with van der Waals surface area (Å²) < 4.78 is 0. The number of hydrogen-bond acceptors (Lipinski definition) is 2. The summed E-state index contributed by atoms with van der Waals surface area (Å²) >= 11 is 0. The van der Waals surface area contributed by atoms with Crippen molar-refractivity contribution in [3.8, 4) is 0 Å². The number of carbonyl (C=O) groups excluding carboxylic acids is 1. The van der Waals surface area contributed by atoms with Crippen molar-refractivity contribution in [1.82, 2.24) is 10.2 Å². The number of amides is 2. The molecule has 2 N–H and O–H groups in total. The lowest BCUT2D eigenvalue weighted by Crippen LogP contribution is -2.57. The highest BCUT2D eigenvalue weighted by Gasteiger charge is 2.35. The lowest BCUT2D eigenvalue weighted by molar-refractivity contribution is -0.146. The first-order valence-electron chi connectivity index (χ1n) is 6.86. The summed E-state index contributed by atoms with van der Waals surface area (Å²) in [6.45, 7) is 4.93. The molecule has 0 aromatic carbocycles. The van der Waals surface area contributed by atoms with Crippen molar-refractivity contribution < 1.29 is 14.7 Å². The Balaban J connectivity index is 2.31. The molecule has 1 heterocycles. The van der Waals surface area contributed by atoms with Crippen molar-refractivity contribution in [2.75, 3.05) is 13.1 Å². The predicted octanol–water partition coefficient (Wildman–Crippen LogP) is 2.07. The maximum Gasteiger partial charge on any atom is 0.317 e. The third kappa shape index (κ3) is 4.20. The zero-order valence-electron chi connectivity index (χ0n) is 11.3. The van der Waals surface area contributed by atoms with Crippen LogP contribution >= 0.6 is 0 Å². The molecule has 5 heteroatoms. The molecule has 0 aliphatic carbocycles. The molecule has 1 saturated heterocycles. The molecule has 5 nitrogen and oxygen atoms in total. The molecule has 0 radical (unpaired) electrons. The first kappa shape index (κ1) is 14.8. The van der Waals surface area contributed by atoms with Gasteiger partial charge in [-0.2, -0.15) is 0 Å². The Morgan fingerprint density at radius 1 is 1.28 bits per heavy atom. The molecular weight excluding hydrogens is 232 g/mol. The van der Waals surface area contributed by atoms with Gasteiger partial charge in [-0.15, -0.1) is 0 Å². The van der Waals surface area contributed by atoms with Gasteiger partial charge in [0, 0.05) is 19.1 Å². The average molecular weight is 256 g/mol. The molecule has 104 valence electrons. The Kier molecular flexibility index (Phi) is 5.95. The Morgan fingerprint density at radius 3 is 2.44 bits per heavy atom. The lowest BCUT2D eigenvalue weighted by Gasteiger charge is -2.37. The van der Waals surface area contributed by atoms with Crippen molar-refractivity contribution in [2.45, 2.75) is 52.0 Å². The minimum absolute atomic E-state index is 0.109. The van der Waals surface area contributed by atoms with Gasteiger partial charge in [-0.25, -0.2) is 4.79 Å². The molecule has 1 rings (SSSR count). The van der Waals surface area contributed by atoms with Gasteiger partial charge in [-0.1, -0.05) is 33.1 Å². The minimum Gasteiger partial charge on any atom is -0.481 e. The van der Waals surface area contributed by atoms with Gasteiger partial charge >= 0.3 is 12.0 Å². The van der Waals surface area contributed by atoms with E-state index in [1.165, 1.54) is 0 Å². The minimum atomic E-state index is -0.810. The van der Waals surface area contributed by atoms with E-state index in [-0.39, 0.29) is 18.0 Å². The monoisotopic (exact) mass is 256 g/mol. The fourth-order valence-electron chi connectivity index (χ4n) is 2.15. The van der Waals surface area contributed by atoms with Crippen molar-refractivity contribution in [1.29, 1.82) is 0 Å². The average Bonchev–Trinajstić information content (AvgIpc) is 2.23. The summed E-state index contributed by atoms with van der Waals surface area (Å²) in [5.41, 5.74) is 0. The SMILES string of the molecule is CCCCC(CCC)NC(=O)N1CC(C(=O)O)C1. The van der Waals surface area contributed by atoms with Crippen molar-refractivity contribution in [3.63, 3.8) is 0 Å². The summed E-state index contributed by atoms with van der Waals surface area (Å²) in [5.74, 6) is -1.19. The number of rotatable bonds is 7. The van der Waals surface area contributed by atoms with Gasteiger partial charge in [0.05, 0.1) is 5.92 Å². The molecule has 1 aliphatic heterocycles. The summed E-state index contributed by atoms with van der Waals surface area (Å²) in [7, 11) is 0. The Hall–Kier alpha value is -1.26. The van der Waals surface area contributed by atoms with E-state index in [1.54, 1.807) is 4.90 Å². The Morgan fingerprint density at radius 2 is 1.94 bits per heavy atom. The molecule has 1 aliphatic rings. The molecule has 1 atom stereocenters. The van der Waals surface area contributed by atoms with E-state index in [0.717, 1.165) is 32.1 Å². The standard InChI is InChI=1S/C13H24N2O3/c1-3-5-7-11(6-4-2)14-13(18)15-8-10(9-15)12(16)17/h10-11H,3-9H2,1-2H3,(H,14,18)(H,16,17). The predicted molar refractivity (Wildman–Crippen MR) is 69.5 cm³/mol. The van der Waals surface area contributed by atoms with E-state index in [0.29, 0.717) is 13.1 Å². The number of aliphatic carboxylic acids is 1. The zero-order valence-corrected chi connectivity index (χ0v) is 11.3. The number of unbranched alkanes of at least 4 members (excludes halogenated alkanes) is 1. The van der Waals surface area contributed by atoms with Crippen LogP contribution in [0.25, 0.3) is 0 Å². The van der Waals surface area contributed by atoms with Crippen LogP contribution < -0.4 is 5.32 Å². The van der Waals surface area contributed by atoms with Crippen LogP contribution in [-0.4, -0.2) is 41.1 Å². The Labute approximate surface area is 109 Å². The van der Waals surface area contributed by atoms with Gasteiger partial charge in [-0.3, -0.25) is 4.79 Å². The molecule has 2 amide bonds. The molecular formula is C13H24N2O3. The number of carboxylic acid groups (broad SMARTS) is 1. The topological polar surface area (TPSA) is 69.6 Å². The third-order valence-electron chi connectivity index (χ3n) is 3.39. The van der Waals surface area contributed by atoms with Crippen molar-refractivity contribution in [3.05, 3.63) is 0 Å². The van der Waals surface area contributed by atoms with E-state index in [2.05, 4.69) is 19.2 Å². The first-order valence-corrected chi connectivity index (χ1v) is 6.86. The highest BCUT2D eigenvalue weighted by Crippen LogP contribution is 2.16. The van der Waals surface area contributed by atoms with E-state index in [4.69, 9.17) is 5.11 Å². The van der Waals surface area contributed by atoms with E-state index < -0.39 is 5.97 Å². The number of hydrogen-bond donors (Lipinski definition) is 2. The van der Waals surface area contributed by atoms with E-state index in [1.807, 2.05) is 0 Å². The molecule has 0 saturated carbocycles. The summed E-state index contributed by atoms with van der Waals surface area (Å²) in [4.78, 5) is 24.1. The number of urea groups is 1. The number of likely N-dealkylation sites (tertiary alicyclic amines) is 1. The number of nitrogens with one attached hydrogen (secondary N) is 1. The van der Waals surface area contributed by atoms with Gasteiger partial charge in [0.2, 0.25) is 0 Å². The smallest absolute Gasteiger partial charge is 0.317 e. The highest BCUT2D eigenvalue weighted by atomic mass is 16.4. The van der Waals surface area contributed by atoms with Gasteiger partial charge < -0.3 is 15.3 Å². The van der Waals surface area contributed by atoms with Crippen LogP contribution in [0, 0.1) is 5.92 Å². The first-order chi connectivity index (χ1) is 8.58. The van der Waals surface area contributed by atoms with Crippen LogP contribution in [0.1, 0.15) is 46.0 Å². The lowest BCUT2D eigenvalue weighted by atomic mass is 10.0. The fraction of sp³-hybridized carbons (Fsp3) is 0.846. The maximum atomic E-state index is 11.9. The second-order valence-electron chi connectivity index (χ2n) is 5.02. The van der Waals surface area contributed by atoms with Gasteiger partial charge in [0.15, 0.2) is 0 Å². The quantitative estimate of drug-likeness (QED) is 0.732. The molecule has 0 aromatic rings. The molecule has 0 aromatic heterocycles. The van der Waals surface area contributed by atoms with Crippen LogP contribution in [-0.2, 0) is 4.79 Å². The Bertz CT molecular complexity index is 288. The zero-order chi connectivity index (χ0) is 13.5. The molecule has 0 bridgehead atoms. The van der Waals surface area contributed by atoms with Crippen LogP contribution in [0.2, 0.25) is 0 Å². The number of carboxylic acids is 1. The molecule has 0 spiro atoms. The second kappa shape index (κ2) is 7.24. The van der Waals surface area contributed by atoms with E-state index in [9.17, 15) is 9.59 Å². The highest BCUT2D eigenvalue weighted by molar-refractivity contribution is 5.79. The van der Waals surface area contributed by atoms with E-state index >= 15 is 0 Å². The van der Waals surface area contributed by atoms with Crippen LogP contribution in [0.4, 0.5) is 4.79 Å². The molecule has 1 unspecified atom stereocenters. The summed E-state index contributed by atoms with van der Waals surface area (Å²) in [6, 6.07) is 0.119. The van der Waals surface area contributed by atoms with Gasteiger partial charge in [-0.05, 0) is 12.8 Å². The van der Waals surface area contributed by atoms with Crippen LogP contribution in [0.3, 0.4) is 0 Å². The number of nitrogens with zero attached hydrogens (tertiary/aromatic N) is 1. The summed E-state index contributed by atoms with van der Waals surface area (Å²) in [5, 5.41) is 11.8. The van der Waals surface area contributed by atoms with Crippen molar-refractivity contribution >= 4 is 12.0 Å². The molecule has 18 heavy (non-hydrogen) atoms. The summed E-state index contributed by atoms with van der Waals surface area (Å²) in [6.07, 6.45) is 5.28. The van der Waals surface area contributed by atoms with Crippen LogP contribution in [0.15, 0.2) is 0 Å².